The van der Waals surface area contributed by atoms with Crippen LogP contribution >= 0.6 is 0 Å². The zero-order valence-corrected chi connectivity index (χ0v) is 12.2. The van der Waals surface area contributed by atoms with Crippen molar-refractivity contribution in [3.05, 3.63) is 36.0 Å². The Morgan fingerprint density at radius 2 is 2.19 bits per heavy atom. The van der Waals surface area contributed by atoms with E-state index in [1.54, 1.807) is 18.3 Å². The maximum absolute atomic E-state index is 12.3. The summed E-state index contributed by atoms with van der Waals surface area (Å²) in [5.41, 5.74) is 0.947. The van der Waals surface area contributed by atoms with Gasteiger partial charge in [0.15, 0.2) is 0 Å². The second kappa shape index (κ2) is 5.50. The topological polar surface area (TPSA) is 88.3 Å². The Morgan fingerprint density at radius 1 is 1.33 bits per heavy atom. The van der Waals surface area contributed by atoms with Crippen LogP contribution in [0.5, 0.6) is 0 Å². The summed E-state index contributed by atoms with van der Waals surface area (Å²) < 4.78 is 31.8. The van der Waals surface area contributed by atoms with Crippen molar-refractivity contribution in [2.75, 3.05) is 13.2 Å². The smallest absolute Gasteiger partial charge is 0.266 e. The van der Waals surface area contributed by atoms with Gasteiger partial charge in [-0.15, -0.1) is 0 Å². The summed E-state index contributed by atoms with van der Waals surface area (Å²) in [5.74, 6) is -0.617. The van der Waals surface area contributed by atoms with Gasteiger partial charge in [-0.25, -0.2) is 13.1 Å². The first-order valence-electron chi connectivity index (χ1n) is 6.78. The largest absolute Gasteiger partial charge is 0.380 e. The van der Waals surface area contributed by atoms with Crippen LogP contribution in [0.3, 0.4) is 0 Å². The second-order valence-corrected chi connectivity index (χ2v) is 7.02. The number of rotatable bonds is 3. The molecule has 2 N–H and O–H groups in total. The molecule has 21 heavy (non-hydrogen) atoms. The Bertz CT molecular complexity index is 760. The van der Waals surface area contributed by atoms with Crippen LogP contribution in [-0.2, 0) is 14.8 Å². The van der Waals surface area contributed by atoms with E-state index < -0.39 is 21.2 Å². The van der Waals surface area contributed by atoms with Crippen LogP contribution in [0.15, 0.2) is 30.5 Å². The maximum atomic E-state index is 12.3. The van der Waals surface area contributed by atoms with Crippen molar-refractivity contribution in [2.24, 2.45) is 0 Å². The zero-order valence-electron chi connectivity index (χ0n) is 11.3. The number of aromatic amines is 1. The number of ether oxygens (including phenoxy) is 1. The molecule has 6 nitrogen and oxygen atoms in total. The molecule has 1 unspecified atom stereocenters. The van der Waals surface area contributed by atoms with Crippen molar-refractivity contribution in [3.63, 3.8) is 0 Å². The van der Waals surface area contributed by atoms with Crippen LogP contribution in [0.25, 0.3) is 10.9 Å². The number of carbonyl (C=O) groups is 1. The number of aromatic nitrogens is 1. The number of hydrogen-bond acceptors (Lipinski definition) is 4. The minimum absolute atomic E-state index is 0.134. The Hall–Kier alpha value is -1.86. The lowest BCUT2D eigenvalue weighted by Crippen LogP contribution is -2.42. The van der Waals surface area contributed by atoms with Crippen LogP contribution in [0.1, 0.15) is 23.2 Å². The average molecular weight is 308 g/mol. The van der Waals surface area contributed by atoms with E-state index in [0.29, 0.717) is 30.5 Å². The van der Waals surface area contributed by atoms with Gasteiger partial charge in [0, 0.05) is 18.2 Å². The van der Waals surface area contributed by atoms with Gasteiger partial charge in [-0.1, -0.05) is 12.1 Å². The van der Waals surface area contributed by atoms with Crippen molar-refractivity contribution in [1.82, 2.24) is 9.71 Å². The van der Waals surface area contributed by atoms with Crippen molar-refractivity contribution >= 4 is 26.8 Å². The lowest BCUT2D eigenvalue weighted by molar-refractivity contribution is 0.0954. The molecule has 112 valence electrons. The Morgan fingerprint density at radius 3 is 2.95 bits per heavy atom. The fraction of sp³-hybridized carbons (Fsp3) is 0.357. The highest BCUT2D eigenvalue weighted by molar-refractivity contribution is 7.90. The number of hydrogen-bond donors (Lipinski definition) is 2. The molecule has 0 aliphatic carbocycles. The molecule has 7 heteroatoms. The van der Waals surface area contributed by atoms with E-state index in [1.165, 1.54) is 0 Å². The quantitative estimate of drug-likeness (QED) is 0.897. The van der Waals surface area contributed by atoms with Crippen LogP contribution in [0.4, 0.5) is 0 Å². The Balaban J connectivity index is 1.84. The number of nitrogens with one attached hydrogen (secondary N) is 2. The fourth-order valence-corrected chi connectivity index (χ4v) is 3.78. The standard InChI is InChI=1S/C14H16N2O4S/c17-14(12-5-1-3-10-6-7-15-13(10)12)16-21(18,19)11-4-2-8-20-9-11/h1,3,5-7,11,15H,2,4,8-9H2,(H,16,17). The molecule has 1 saturated heterocycles. The fourth-order valence-electron chi connectivity index (χ4n) is 2.50. The molecule has 0 bridgehead atoms. The minimum atomic E-state index is -3.72. The van der Waals surface area contributed by atoms with E-state index >= 15 is 0 Å². The lowest BCUT2D eigenvalue weighted by Gasteiger charge is -2.22. The molecule has 3 rings (SSSR count). The highest BCUT2D eigenvalue weighted by Crippen LogP contribution is 2.18. The summed E-state index contributed by atoms with van der Waals surface area (Å²) in [6, 6.07) is 7.00. The number of fused-ring (bicyclic) bond motifs is 1. The molecule has 1 atom stereocenters. The molecule has 1 fully saturated rings. The number of sulfonamides is 1. The molecule has 0 spiro atoms. The van der Waals surface area contributed by atoms with Gasteiger partial charge in [-0.2, -0.15) is 0 Å². The number of carbonyl (C=O) groups excluding carboxylic acids is 1. The van der Waals surface area contributed by atoms with Crippen LogP contribution in [0, 0.1) is 0 Å². The lowest BCUT2D eigenvalue weighted by atomic mass is 10.1. The van der Waals surface area contributed by atoms with Gasteiger partial charge in [0.25, 0.3) is 5.91 Å². The van der Waals surface area contributed by atoms with Crippen molar-refractivity contribution in [3.8, 4) is 0 Å². The Kier molecular flexibility index (Phi) is 3.69. The maximum Gasteiger partial charge on any atom is 0.266 e. The van der Waals surface area contributed by atoms with Gasteiger partial charge >= 0.3 is 0 Å². The summed E-state index contributed by atoms with van der Waals surface area (Å²) in [4.78, 5) is 15.2. The van der Waals surface area contributed by atoms with Gasteiger partial charge < -0.3 is 9.72 Å². The predicted molar refractivity (Wildman–Crippen MR) is 78.5 cm³/mol. The van der Waals surface area contributed by atoms with E-state index in [1.807, 2.05) is 12.1 Å². The highest BCUT2D eigenvalue weighted by atomic mass is 32.2. The molecular weight excluding hydrogens is 292 g/mol. The van der Waals surface area contributed by atoms with Gasteiger partial charge in [-0.05, 0) is 25.0 Å². The molecule has 1 aromatic carbocycles. The van der Waals surface area contributed by atoms with E-state index in [0.717, 1.165) is 5.39 Å². The van der Waals surface area contributed by atoms with E-state index in [4.69, 9.17) is 4.74 Å². The van der Waals surface area contributed by atoms with E-state index in [9.17, 15) is 13.2 Å². The van der Waals surface area contributed by atoms with Crippen LogP contribution in [0.2, 0.25) is 0 Å². The Labute approximate surface area is 122 Å². The molecule has 0 saturated carbocycles. The van der Waals surface area contributed by atoms with Crippen LogP contribution in [-0.4, -0.2) is 37.8 Å². The van der Waals surface area contributed by atoms with Gasteiger partial charge in [-0.3, -0.25) is 4.79 Å². The molecule has 2 aromatic rings. The number of para-hydroxylation sites is 1. The number of H-pyrrole nitrogens is 1. The van der Waals surface area contributed by atoms with Crippen molar-refractivity contribution in [2.45, 2.75) is 18.1 Å². The van der Waals surface area contributed by atoms with Gasteiger partial charge in [0.2, 0.25) is 10.0 Å². The second-order valence-electron chi connectivity index (χ2n) is 5.06. The molecule has 1 amide bonds. The van der Waals surface area contributed by atoms with Crippen LogP contribution < -0.4 is 4.72 Å². The van der Waals surface area contributed by atoms with Crippen molar-refractivity contribution < 1.29 is 17.9 Å². The average Bonchev–Trinajstić information content (AvgIpc) is 2.96. The summed E-state index contributed by atoms with van der Waals surface area (Å²) >= 11 is 0. The van der Waals surface area contributed by atoms with Gasteiger partial charge in [0.1, 0.15) is 5.25 Å². The third kappa shape index (κ3) is 2.79. The first kappa shape index (κ1) is 14.1. The monoisotopic (exact) mass is 308 g/mol. The molecule has 1 aliphatic heterocycles. The van der Waals surface area contributed by atoms with E-state index in [-0.39, 0.29) is 6.61 Å². The minimum Gasteiger partial charge on any atom is -0.380 e. The number of amides is 1. The zero-order chi connectivity index (χ0) is 14.9. The SMILES string of the molecule is O=C(NS(=O)(=O)C1CCCOC1)c1cccc2cc[nH]c12. The van der Waals surface area contributed by atoms with E-state index in [2.05, 4.69) is 9.71 Å². The summed E-state index contributed by atoms with van der Waals surface area (Å²) in [7, 11) is -3.72. The molecule has 2 heterocycles. The third-order valence-corrected chi connectivity index (χ3v) is 5.34. The highest BCUT2D eigenvalue weighted by Gasteiger charge is 2.30. The molecular formula is C14H16N2O4S. The summed E-state index contributed by atoms with van der Waals surface area (Å²) in [6.45, 7) is 0.705. The predicted octanol–water partition coefficient (Wildman–Crippen LogP) is 1.41. The summed E-state index contributed by atoms with van der Waals surface area (Å²) in [6.07, 6.45) is 2.91. The third-order valence-electron chi connectivity index (χ3n) is 3.62. The van der Waals surface area contributed by atoms with Crippen molar-refractivity contribution in [1.29, 1.82) is 0 Å². The summed E-state index contributed by atoms with van der Waals surface area (Å²) in [5, 5.41) is 0.194. The normalized spacial score (nSPS) is 19.5. The molecule has 1 aromatic heterocycles. The molecule has 0 radical (unpaired) electrons. The van der Waals surface area contributed by atoms with Gasteiger partial charge in [0.05, 0.1) is 17.7 Å². The first-order valence-corrected chi connectivity index (χ1v) is 8.32. The number of benzene rings is 1. The molecule has 1 aliphatic rings. The first-order chi connectivity index (χ1) is 10.1.